The van der Waals surface area contributed by atoms with E-state index in [-0.39, 0.29) is 6.04 Å². The number of halogens is 2. The molecular weight excluding hydrogens is 295 g/mol. The molecule has 1 aromatic carbocycles. The van der Waals surface area contributed by atoms with Gasteiger partial charge in [0.15, 0.2) is 0 Å². The van der Waals surface area contributed by atoms with Crippen molar-refractivity contribution in [2.24, 2.45) is 5.73 Å². The predicted octanol–water partition coefficient (Wildman–Crippen LogP) is 3.49. The van der Waals surface area contributed by atoms with E-state index in [9.17, 15) is 0 Å². The van der Waals surface area contributed by atoms with Crippen LogP contribution in [0.4, 0.5) is 0 Å². The van der Waals surface area contributed by atoms with E-state index in [1.165, 1.54) is 0 Å². The van der Waals surface area contributed by atoms with Gasteiger partial charge in [-0.05, 0) is 31.0 Å². The smallest absolute Gasteiger partial charge is 0.0703 e. The normalized spacial score (nSPS) is 20.6. The fourth-order valence-corrected chi connectivity index (χ4v) is 3.21. The van der Waals surface area contributed by atoms with Crippen LogP contribution in [-0.2, 0) is 4.74 Å². The van der Waals surface area contributed by atoms with Gasteiger partial charge in [-0.25, -0.2) is 0 Å². The van der Waals surface area contributed by atoms with Crippen LogP contribution in [0.2, 0.25) is 10.0 Å². The molecule has 1 aromatic rings. The van der Waals surface area contributed by atoms with Gasteiger partial charge >= 0.3 is 0 Å². The molecule has 1 saturated heterocycles. The maximum Gasteiger partial charge on any atom is 0.0703 e. The first kappa shape index (κ1) is 16.1. The summed E-state index contributed by atoms with van der Waals surface area (Å²) in [7, 11) is 0. The van der Waals surface area contributed by atoms with Gasteiger partial charge in [0, 0.05) is 25.7 Å². The quantitative estimate of drug-likeness (QED) is 0.873. The van der Waals surface area contributed by atoms with Gasteiger partial charge in [-0.15, -0.1) is 0 Å². The molecule has 0 bridgehead atoms. The van der Waals surface area contributed by atoms with Crippen molar-refractivity contribution in [1.29, 1.82) is 0 Å². The lowest BCUT2D eigenvalue weighted by Gasteiger charge is -2.32. The Bertz CT molecular complexity index is 436. The molecule has 5 heteroatoms. The minimum atomic E-state index is 0.0791. The number of nitrogens with zero attached hydrogens (tertiary/aromatic N) is 1. The van der Waals surface area contributed by atoms with Crippen molar-refractivity contribution in [2.75, 3.05) is 26.2 Å². The molecule has 0 spiro atoms. The summed E-state index contributed by atoms with van der Waals surface area (Å²) in [4.78, 5) is 2.33. The standard InChI is InChI=1S/C15H22Cl2N2O/c1-2-19(10-11-5-4-8-20-11)14(9-18)12-6-3-7-13(16)15(12)17/h3,6-7,11,14H,2,4-5,8-10,18H2,1H3. The Morgan fingerprint density at radius 1 is 1.45 bits per heavy atom. The van der Waals surface area contributed by atoms with Gasteiger partial charge in [0.05, 0.1) is 16.1 Å². The van der Waals surface area contributed by atoms with E-state index in [2.05, 4.69) is 11.8 Å². The second-order valence-electron chi connectivity index (χ2n) is 5.12. The lowest BCUT2D eigenvalue weighted by Crippen LogP contribution is -2.38. The summed E-state index contributed by atoms with van der Waals surface area (Å²) < 4.78 is 5.73. The van der Waals surface area contributed by atoms with Crippen LogP contribution in [-0.4, -0.2) is 37.2 Å². The van der Waals surface area contributed by atoms with Crippen molar-refractivity contribution < 1.29 is 4.74 Å². The minimum absolute atomic E-state index is 0.0791. The topological polar surface area (TPSA) is 38.5 Å². The zero-order valence-electron chi connectivity index (χ0n) is 11.8. The van der Waals surface area contributed by atoms with E-state index in [1.54, 1.807) is 6.07 Å². The molecule has 20 heavy (non-hydrogen) atoms. The number of hydrogen-bond acceptors (Lipinski definition) is 3. The lowest BCUT2D eigenvalue weighted by atomic mass is 10.0. The third kappa shape index (κ3) is 3.66. The zero-order chi connectivity index (χ0) is 14.5. The molecule has 1 heterocycles. The fourth-order valence-electron chi connectivity index (χ4n) is 2.78. The molecule has 2 N–H and O–H groups in total. The first-order valence-corrected chi connectivity index (χ1v) is 7.92. The summed E-state index contributed by atoms with van der Waals surface area (Å²) in [5, 5.41) is 1.19. The summed E-state index contributed by atoms with van der Waals surface area (Å²) in [6.07, 6.45) is 2.58. The average molecular weight is 317 g/mol. The molecule has 2 unspecified atom stereocenters. The molecule has 2 atom stereocenters. The summed E-state index contributed by atoms with van der Waals surface area (Å²) in [5.41, 5.74) is 6.99. The second kappa shape index (κ2) is 7.62. The maximum atomic E-state index is 6.34. The van der Waals surface area contributed by atoms with Gasteiger partial charge in [-0.3, -0.25) is 4.90 Å². The van der Waals surface area contributed by atoms with Gasteiger partial charge < -0.3 is 10.5 Å². The average Bonchev–Trinajstić information content (AvgIpc) is 2.96. The number of likely N-dealkylation sites (N-methyl/N-ethyl adjacent to an activating group) is 1. The lowest BCUT2D eigenvalue weighted by molar-refractivity contribution is 0.0602. The van der Waals surface area contributed by atoms with Crippen molar-refractivity contribution in [3.05, 3.63) is 33.8 Å². The van der Waals surface area contributed by atoms with Crippen LogP contribution in [0.3, 0.4) is 0 Å². The molecule has 0 saturated carbocycles. The highest BCUT2D eigenvalue weighted by Crippen LogP contribution is 2.32. The Morgan fingerprint density at radius 3 is 2.85 bits per heavy atom. The first-order chi connectivity index (χ1) is 9.67. The van der Waals surface area contributed by atoms with Crippen LogP contribution < -0.4 is 5.73 Å². The summed E-state index contributed by atoms with van der Waals surface area (Å²) in [6.45, 7) is 5.32. The number of hydrogen-bond donors (Lipinski definition) is 1. The third-order valence-electron chi connectivity index (χ3n) is 3.87. The molecule has 0 amide bonds. The molecule has 1 fully saturated rings. The van der Waals surface area contributed by atoms with Crippen LogP contribution >= 0.6 is 23.2 Å². The van der Waals surface area contributed by atoms with Crippen molar-refractivity contribution in [2.45, 2.75) is 31.9 Å². The van der Waals surface area contributed by atoms with Crippen LogP contribution in [0, 0.1) is 0 Å². The predicted molar refractivity (Wildman–Crippen MR) is 84.5 cm³/mol. The fraction of sp³-hybridized carbons (Fsp3) is 0.600. The van der Waals surface area contributed by atoms with Crippen molar-refractivity contribution in [3.8, 4) is 0 Å². The molecule has 1 aliphatic rings. The molecular formula is C15H22Cl2N2O. The van der Waals surface area contributed by atoms with Gasteiger partial charge in [-0.2, -0.15) is 0 Å². The summed E-state index contributed by atoms with van der Waals surface area (Å²) >= 11 is 12.5. The largest absolute Gasteiger partial charge is 0.377 e. The second-order valence-corrected chi connectivity index (χ2v) is 5.90. The monoisotopic (exact) mass is 316 g/mol. The Balaban J connectivity index is 2.17. The van der Waals surface area contributed by atoms with Crippen LogP contribution in [0.25, 0.3) is 0 Å². The molecule has 1 aliphatic heterocycles. The van der Waals surface area contributed by atoms with E-state index >= 15 is 0 Å². The molecule has 0 aliphatic carbocycles. The molecule has 3 nitrogen and oxygen atoms in total. The van der Waals surface area contributed by atoms with E-state index in [4.69, 9.17) is 33.7 Å². The number of nitrogens with two attached hydrogens (primary N) is 1. The molecule has 2 rings (SSSR count). The molecule has 112 valence electrons. The number of benzene rings is 1. The van der Waals surface area contributed by atoms with E-state index < -0.39 is 0 Å². The highest BCUT2D eigenvalue weighted by atomic mass is 35.5. The van der Waals surface area contributed by atoms with Crippen molar-refractivity contribution in [1.82, 2.24) is 4.90 Å². The van der Waals surface area contributed by atoms with Gasteiger partial charge in [0.1, 0.15) is 0 Å². The van der Waals surface area contributed by atoms with Crippen molar-refractivity contribution in [3.63, 3.8) is 0 Å². The van der Waals surface area contributed by atoms with Gasteiger partial charge in [0.25, 0.3) is 0 Å². The highest BCUT2D eigenvalue weighted by molar-refractivity contribution is 6.42. The zero-order valence-corrected chi connectivity index (χ0v) is 13.3. The van der Waals surface area contributed by atoms with E-state index in [1.807, 2.05) is 12.1 Å². The molecule has 0 radical (unpaired) electrons. The Morgan fingerprint density at radius 2 is 2.25 bits per heavy atom. The molecule has 0 aromatic heterocycles. The van der Waals surface area contributed by atoms with Gasteiger partial charge in [-0.1, -0.05) is 42.3 Å². The maximum absolute atomic E-state index is 6.34. The van der Waals surface area contributed by atoms with Crippen LogP contribution in [0.1, 0.15) is 31.4 Å². The summed E-state index contributed by atoms with van der Waals surface area (Å²) in [6, 6.07) is 5.81. The summed E-state index contributed by atoms with van der Waals surface area (Å²) in [5.74, 6) is 0. The van der Waals surface area contributed by atoms with E-state index in [0.29, 0.717) is 22.7 Å². The van der Waals surface area contributed by atoms with Crippen molar-refractivity contribution >= 4 is 23.2 Å². The SMILES string of the molecule is CCN(CC1CCCO1)C(CN)c1cccc(Cl)c1Cl. The Kier molecular flexibility index (Phi) is 6.12. The number of rotatable bonds is 6. The number of ether oxygens (including phenoxy) is 1. The minimum Gasteiger partial charge on any atom is -0.377 e. The first-order valence-electron chi connectivity index (χ1n) is 7.17. The highest BCUT2D eigenvalue weighted by Gasteiger charge is 2.25. The Labute approximate surface area is 131 Å². The Hall–Kier alpha value is -0.320. The van der Waals surface area contributed by atoms with Gasteiger partial charge in [0.2, 0.25) is 0 Å². The van der Waals surface area contributed by atoms with E-state index in [0.717, 1.165) is 38.1 Å². The van der Waals surface area contributed by atoms with Crippen LogP contribution in [0.5, 0.6) is 0 Å². The van der Waals surface area contributed by atoms with Crippen LogP contribution in [0.15, 0.2) is 18.2 Å². The third-order valence-corrected chi connectivity index (χ3v) is 4.71.